The van der Waals surface area contributed by atoms with Gasteiger partial charge in [0.1, 0.15) is 17.6 Å². The Morgan fingerprint density at radius 2 is 1.53 bits per heavy atom. The van der Waals surface area contributed by atoms with Gasteiger partial charge in [0, 0.05) is 75.9 Å². The second-order valence-corrected chi connectivity index (χ2v) is 16.1. The highest BCUT2D eigenvalue weighted by atomic mass is 19.1. The lowest BCUT2D eigenvalue weighted by Crippen LogP contribution is -2.52. The van der Waals surface area contributed by atoms with E-state index in [-0.39, 0.29) is 47.5 Å². The van der Waals surface area contributed by atoms with E-state index < -0.39 is 6.04 Å². The molecule has 3 saturated heterocycles. The molecule has 5 aliphatic rings. The number of nitrogens with one attached hydrogen (secondary N) is 1. The number of benzene rings is 4. The highest BCUT2D eigenvalue weighted by Gasteiger charge is 2.39. The predicted molar refractivity (Wildman–Crippen MR) is 210 cm³/mol. The van der Waals surface area contributed by atoms with Gasteiger partial charge < -0.3 is 19.8 Å². The Morgan fingerprint density at radius 3 is 2.29 bits per heavy atom. The van der Waals surface area contributed by atoms with Crippen LogP contribution in [0.25, 0.3) is 0 Å². The van der Waals surface area contributed by atoms with Crippen molar-refractivity contribution in [2.24, 2.45) is 5.92 Å². The molecule has 4 aromatic carbocycles. The van der Waals surface area contributed by atoms with Gasteiger partial charge in [0.25, 0.3) is 5.91 Å². The number of imide groups is 1. The third-order valence-corrected chi connectivity index (χ3v) is 12.9. The number of amides is 3. The Hall–Kier alpha value is -5.22. The summed E-state index contributed by atoms with van der Waals surface area (Å²) in [6.07, 6.45) is 4.50. The standard InChI is InChI=1S/C45H48FN5O4/c46-39-26-32(43-36(30-4-2-1-3-5-30)10-6-31-25-35(52)9-12-37(31)43)7-13-40(39)50-18-16-29(17-19-50)27-48-20-22-49(23-21-48)34-8-11-38-33(24-34)28-51(45(38)55)41-14-15-42(53)47-44(41)54/h1-5,7-9,11-13,24-26,29,36,41,43,52H,6,10,14-23,27-28H2,(H,47,53,54)/t36-,41-,43+/m1/s1. The topological polar surface area (TPSA) is 96.4 Å². The van der Waals surface area contributed by atoms with E-state index in [4.69, 9.17) is 0 Å². The molecule has 10 heteroatoms. The average molecular weight is 742 g/mol. The number of hydrogen-bond acceptors (Lipinski definition) is 7. The van der Waals surface area contributed by atoms with Crippen LogP contribution in [0.15, 0.2) is 84.9 Å². The SMILES string of the molecule is O=C1CC[C@@H](N2Cc3cc(N4CCN(CC5CCN(c6ccc([C@@H]7c8ccc(O)cc8CC[C@@H]7c7ccccc7)cc6F)CC5)CC4)ccc3C2=O)C(=O)N1. The quantitative estimate of drug-likeness (QED) is 0.218. The van der Waals surface area contributed by atoms with Crippen LogP contribution in [0.3, 0.4) is 0 Å². The number of halogens is 1. The molecule has 4 aliphatic heterocycles. The molecule has 0 bridgehead atoms. The Morgan fingerprint density at radius 1 is 0.727 bits per heavy atom. The van der Waals surface area contributed by atoms with Gasteiger partial charge in [-0.1, -0.05) is 42.5 Å². The van der Waals surface area contributed by atoms with E-state index in [1.807, 2.05) is 36.4 Å². The maximum Gasteiger partial charge on any atom is 0.255 e. The first-order valence-electron chi connectivity index (χ1n) is 19.9. The summed E-state index contributed by atoms with van der Waals surface area (Å²) in [7, 11) is 0. The molecule has 0 spiro atoms. The van der Waals surface area contributed by atoms with E-state index in [0.29, 0.717) is 30.1 Å². The first-order chi connectivity index (χ1) is 26.8. The first-order valence-corrected chi connectivity index (χ1v) is 19.9. The molecule has 9 nitrogen and oxygen atoms in total. The van der Waals surface area contributed by atoms with E-state index >= 15 is 4.39 Å². The smallest absolute Gasteiger partial charge is 0.255 e. The number of nitrogens with zero attached hydrogens (tertiary/aromatic N) is 4. The monoisotopic (exact) mass is 741 g/mol. The zero-order valence-corrected chi connectivity index (χ0v) is 31.1. The van der Waals surface area contributed by atoms with Gasteiger partial charge in [0.15, 0.2) is 0 Å². The minimum Gasteiger partial charge on any atom is -0.508 e. The van der Waals surface area contributed by atoms with Crippen LogP contribution in [0.1, 0.15) is 82.1 Å². The molecule has 3 atom stereocenters. The van der Waals surface area contributed by atoms with Gasteiger partial charge >= 0.3 is 0 Å². The van der Waals surface area contributed by atoms with Gasteiger partial charge in [0.2, 0.25) is 11.8 Å². The average Bonchev–Trinajstić information content (AvgIpc) is 3.53. The highest BCUT2D eigenvalue weighted by molar-refractivity contribution is 6.05. The number of carbonyl (C=O) groups excluding carboxylic acids is 3. The summed E-state index contributed by atoms with van der Waals surface area (Å²) in [5.41, 5.74) is 7.93. The van der Waals surface area contributed by atoms with Crippen LogP contribution in [0, 0.1) is 11.7 Å². The number of hydrogen-bond donors (Lipinski definition) is 2. The number of piperidine rings is 2. The van der Waals surface area contributed by atoms with E-state index in [0.717, 1.165) is 93.9 Å². The van der Waals surface area contributed by atoms with Gasteiger partial charge in [-0.2, -0.15) is 0 Å². The molecule has 0 unspecified atom stereocenters. The fourth-order valence-electron chi connectivity index (χ4n) is 9.92. The molecule has 4 aromatic rings. The Balaban J connectivity index is 0.795. The summed E-state index contributed by atoms with van der Waals surface area (Å²) in [6, 6.07) is 27.5. The second-order valence-electron chi connectivity index (χ2n) is 16.1. The molecule has 284 valence electrons. The van der Waals surface area contributed by atoms with Gasteiger partial charge in [-0.25, -0.2) is 4.39 Å². The van der Waals surface area contributed by atoms with Gasteiger partial charge in [-0.15, -0.1) is 0 Å². The van der Waals surface area contributed by atoms with Crippen molar-refractivity contribution in [3.63, 3.8) is 0 Å². The van der Waals surface area contributed by atoms with Crippen LogP contribution in [-0.4, -0.2) is 84.5 Å². The minimum atomic E-state index is -0.605. The number of piperazine rings is 1. The third kappa shape index (κ3) is 6.97. The molecular weight excluding hydrogens is 694 g/mol. The number of aryl methyl sites for hydroxylation is 1. The zero-order chi connectivity index (χ0) is 37.6. The van der Waals surface area contributed by atoms with E-state index in [2.05, 4.69) is 56.4 Å². The van der Waals surface area contributed by atoms with E-state index in [1.165, 1.54) is 11.1 Å². The zero-order valence-electron chi connectivity index (χ0n) is 31.1. The fraction of sp³-hybridized carbons (Fsp3) is 0.400. The van der Waals surface area contributed by atoms with Crippen LogP contribution in [-0.2, 0) is 22.6 Å². The van der Waals surface area contributed by atoms with Crippen molar-refractivity contribution in [3.05, 3.63) is 124 Å². The molecule has 1 aliphatic carbocycles. The molecule has 9 rings (SSSR count). The second kappa shape index (κ2) is 14.8. The number of carbonyl (C=O) groups is 3. The van der Waals surface area contributed by atoms with Crippen molar-refractivity contribution < 1.29 is 23.9 Å². The maximum atomic E-state index is 16.1. The van der Waals surface area contributed by atoms with Crippen LogP contribution >= 0.6 is 0 Å². The van der Waals surface area contributed by atoms with Crippen molar-refractivity contribution in [1.29, 1.82) is 0 Å². The number of aromatic hydroxyl groups is 1. The van der Waals surface area contributed by atoms with Crippen LogP contribution in [0.2, 0.25) is 0 Å². The predicted octanol–water partition coefficient (Wildman–Crippen LogP) is 6.19. The molecule has 0 saturated carbocycles. The van der Waals surface area contributed by atoms with Crippen molar-refractivity contribution in [1.82, 2.24) is 15.1 Å². The minimum absolute atomic E-state index is 0.0174. The van der Waals surface area contributed by atoms with Gasteiger partial charge in [0.05, 0.1) is 5.69 Å². The number of rotatable bonds is 7. The number of phenolic OH excluding ortho intramolecular Hbond substituents is 1. The van der Waals surface area contributed by atoms with Crippen molar-refractivity contribution in [2.45, 2.75) is 62.9 Å². The summed E-state index contributed by atoms with van der Waals surface area (Å²) in [5, 5.41) is 12.6. The Kier molecular flexibility index (Phi) is 9.54. The van der Waals surface area contributed by atoms with Gasteiger partial charge in [-0.3, -0.25) is 24.6 Å². The van der Waals surface area contributed by atoms with Crippen molar-refractivity contribution in [2.75, 3.05) is 55.6 Å². The van der Waals surface area contributed by atoms with Crippen LogP contribution in [0.4, 0.5) is 15.8 Å². The lowest BCUT2D eigenvalue weighted by atomic mass is 9.69. The molecule has 0 aromatic heterocycles. The van der Waals surface area contributed by atoms with Gasteiger partial charge in [-0.05, 0) is 114 Å². The summed E-state index contributed by atoms with van der Waals surface area (Å²) >= 11 is 0. The Labute approximate surface area is 321 Å². The molecule has 55 heavy (non-hydrogen) atoms. The first kappa shape index (κ1) is 35.5. The molecule has 0 radical (unpaired) electrons. The van der Waals surface area contributed by atoms with E-state index in [1.54, 1.807) is 17.0 Å². The molecule has 3 fully saturated rings. The fourth-order valence-corrected chi connectivity index (χ4v) is 9.92. The number of fused-ring (bicyclic) bond motifs is 2. The van der Waals surface area contributed by atoms with Crippen molar-refractivity contribution >= 4 is 29.1 Å². The molecule has 3 amide bonds. The Bertz CT molecular complexity index is 2110. The van der Waals surface area contributed by atoms with Crippen molar-refractivity contribution in [3.8, 4) is 5.75 Å². The number of anilines is 2. The summed E-state index contributed by atoms with van der Waals surface area (Å²) in [4.78, 5) is 46.0. The lowest BCUT2D eigenvalue weighted by molar-refractivity contribution is -0.136. The summed E-state index contributed by atoms with van der Waals surface area (Å²) in [6.45, 7) is 6.82. The van der Waals surface area contributed by atoms with Crippen LogP contribution in [0.5, 0.6) is 5.75 Å². The third-order valence-electron chi connectivity index (χ3n) is 12.9. The largest absolute Gasteiger partial charge is 0.508 e. The van der Waals surface area contributed by atoms with E-state index in [9.17, 15) is 19.5 Å². The number of phenols is 1. The normalized spacial score (nSPS) is 23.5. The molecular formula is C45H48FN5O4. The summed E-state index contributed by atoms with van der Waals surface area (Å²) < 4.78 is 16.1. The lowest BCUT2D eigenvalue weighted by Gasteiger charge is -2.40. The summed E-state index contributed by atoms with van der Waals surface area (Å²) in [5.74, 6) is 0.125. The molecule has 4 heterocycles. The highest BCUT2D eigenvalue weighted by Crippen LogP contribution is 2.47. The maximum absolute atomic E-state index is 16.1. The van der Waals surface area contributed by atoms with Crippen LogP contribution < -0.4 is 15.1 Å². The molecule has 2 N–H and O–H groups in total.